The van der Waals surface area contributed by atoms with E-state index in [1.54, 1.807) is 0 Å². The first-order chi connectivity index (χ1) is 70.7. The topological polar surface area (TPSA) is 42.7 Å². The summed E-state index contributed by atoms with van der Waals surface area (Å²) >= 11 is 1.88. The van der Waals surface area contributed by atoms with E-state index in [9.17, 15) is 0 Å². The van der Waals surface area contributed by atoms with Gasteiger partial charge in [-0.05, 0) is 267 Å². The summed E-state index contributed by atoms with van der Waals surface area (Å²) in [5, 5.41) is 20.0. The molecular weight excluding hydrogens is 1750 g/mol. The molecule has 30 aromatic rings. The number of aromatic nitrogens is 6. The van der Waals surface area contributed by atoms with Crippen molar-refractivity contribution in [3.05, 3.63) is 509 Å². The van der Waals surface area contributed by atoms with Crippen LogP contribution in [0.5, 0.6) is 0 Å². The van der Waals surface area contributed by atoms with Gasteiger partial charge in [0.15, 0.2) is 5.58 Å². The van der Waals surface area contributed by atoms with Crippen LogP contribution in [-0.2, 0) is 5.41 Å². The molecule has 0 atom stereocenters. The highest BCUT2D eigenvalue weighted by Crippen LogP contribution is 2.53. The number of para-hydroxylation sites is 9. The molecule has 0 unspecified atom stereocenters. The lowest BCUT2D eigenvalue weighted by atomic mass is 9.82. The van der Waals surface area contributed by atoms with E-state index in [1.165, 1.54) is 235 Å². The van der Waals surface area contributed by atoms with Crippen LogP contribution in [0.3, 0.4) is 0 Å². The Kier molecular flexibility index (Phi) is 18.5. The normalized spacial score (nSPS) is 12.5. The molecule has 8 aromatic heterocycles. The van der Waals surface area contributed by atoms with E-state index in [0.29, 0.717) is 0 Å². The molecule has 143 heavy (non-hydrogen) atoms. The Morgan fingerprint density at radius 1 is 0.175 bits per heavy atom. The first kappa shape index (κ1) is 81.8. The molecule has 1 aliphatic rings. The van der Waals surface area contributed by atoms with Gasteiger partial charge in [-0.2, -0.15) is 0 Å². The van der Waals surface area contributed by atoms with Gasteiger partial charge in [-0.1, -0.05) is 311 Å². The number of rotatable bonds is 10. The van der Waals surface area contributed by atoms with Crippen molar-refractivity contribution in [1.82, 2.24) is 27.4 Å². The monoisotopic (exact) mass is 1840 g/mol. The van der Waals surface area contributed by atoms with Crippen LogP contribution in [0.2, 0.25) is 0 Å². The molecule has 0 N–H and O–H groups in total. The first-order valence-corrected chi connectivity index (χ1v) is 50.1. The van der Waals surface area contributed by atoms with Gasteiger partial charge in [-0.3, -0.25) is 0 Å². The predicted molar refractivity (Wildman–Crippen MR) is 605 cm³/mol. The molecule has 1 aliphatic carbocycles. The second-order valence-corrected chi connectivity index (χ2v) is 39.6. The van der Waals surface area contributed by atoms with Crippen molar-refractivity contribution >= 4 is 184 Å². The van der Waals surface area contributed by atoms with Crippen LogP contribution in [0.1, 0.15) is 25.0 Å². The zero-order valence-electron chi connectivity index (χ0n) is 78.3. The number of thiophene rings is 1. The minimum Gasteiger partial charge on any atom is -0.454 e. The molecule has 0 saturated heterocycles. The first-order valence-electron chi connectivity index (χ1n) is 49.2. The fraction of sp³-hybridized carbons (Fsp3) is 0.0222. The van der Waals surface area contributed by atoms with Crippen molar-refractivity contribution in [2.24, 2.45) is 0 Å². The Labute approximate surface area is 827 Å². The number of nitrogens with zero attached hydrogens (tertiary/aromatic N) is 6. The third-order valence-electron chi connectivity index (χ3n) is 30.3. The standard InChI is InChI=1S/C51H36N2.C42H26N2O.C42H26N2S/c1-51(2)45-20-9-6-17-39(45)42-31-44-43-30-36(34-23-26-37(27-24-34)52-47-21-10-7-18-40(47)41-19-8-11-22-48(41)52)25-28-49(43)53(50(44)32-46(42)51)38-16-12-15-35(29-38)33-13-4-3-5-14-33;1-3-11-29(12-4-1)43-37-17-9-7-15-31(37)35-25-27(19-23-38(35)43)28-20-24-39-36(26-28)33-21-22-34-32-16-8-10-18-40(32)45-42(34)41(33)44(39)30-13-5-2-6-14-30;1-3-11-29(12-4-1)43-37-17-9-7-15-31(37)33-23-27(19-21-38(33)43)28-20-22-39-34(24-28)35-25-36-32-16-8-10-18-41(32)45-42(36)26-40(35)44(39)30-13-5-2-6-14-30/h3-32H,1-2H3;2*1-26H. The van der Waals surface area contributed by atoms with Gasteiger partial charge in [-0.25, -0.2) is 0 Å². The fourth-order valence-corrected chi connectivity index (χ4v) is 24.8. The second-order valence-electron chi connectivity index (χ2n) is 38.5. The summed E-state index contributed by atoms with van der Waals surface area (Å²) in [6.07, 6.45) is 0. The van der Waals surface area contributed by atoms with Crippen LogP contribution >= 0.6 is 11.3 Å². The molecule has 8 heterocycles. The van der Waals surface area contributed by atoms with Crippen molar-refractivity contribution in [3.63, 3.8) is 0 Å². The maximum Gasteiger partial charge on any atom is 0.160 e. The van der Waals surface area contributed by atoms with Crippen LogP contribution in [0, 0.1) is 0 Å². The highest BCUT2D eigenvalue weighted by Gasteiger charge is 2.37. The van der Waals surface area contributed by atoms with Crippen LogP contribution in [0.25, 0.3) is 263 Å². The molecule has 0 amide bonds. The molecule has 8 heteroatoms. The van der Waals surface area contributed by atoms with Crippen molar-refractivity contribution < 1.29 is 4.42 Å². The molecule has 31 rings (SSSR count). The Balaban J connectivity index is 0.000000103. The summed E-state index contributed by atoms with van der Waals surface area (Å²) in [6, 6.07) is 181. The summed E-state index contributed by atoms with van der Waals surface area (Å²) in [6.45, 7) is 4.74. The Morgan fingerprint density at radius 2 is 0.510 bits per heavy atom. The summed E-state index contributed by atoms with van der Waals surface area (Å²) in [5.74, 6) is 0. The molecule has 0 spiro atoms. The van der Waals surface area contributed by atoms with E-state index in [2.05, 4.69) is 533 Å². The smallest absolute Gasteiger partial charge is 0.160 e. The van der Waals surface area contributed by atoms with Gasteiger partial charge in [0, 0.05) is 135 Å². The molecule has 22 aromatic carbocycles. The van der Waals surface area contributed by atoms with Crippen LogP contribution < -0.4 is 0 Å². The molecule has 0 bridgehead atoms. The number of benzene rings is 22. The van der Waals surface area contributed by atoms with Crippen LogP contribution in [-0.4, -0.2) is 27.4 Å². The van der Waals surface area contributed by atoms with Gasteiger partial charge in [0.25, 0.3) is 0 Å². The zero-order chi connectivity index (χ0) is 94.2. The highest BCUT2D eigenvalue weighted by molar-refractivity contribution is 7.25. The van der Waals surface area contributed by atoms with Crippen LogP contribution in [0.4, 0.5) is 0 Å². The summed E-state index contributed by atoms with van der Waals surface area (Å²) in [7, 11) is 0. The van der Waals surface area contributed by atoms with Gasteiger partial charge in [0.05, 0.1) is 66.2 Å². The zero-order valence-corrected chi connectivity index (χ0v) is 79.2. The summed E-state index contributed by atoms with van der Waals surface area (Å²) < 4.78 is 23.6. The minimum atomic E-state index is -0.0867. The molecule has 0 aliphatic heterocycles. The summed E-state index contributed by atoms with van der Waals surface area (Å²) in [4.78, 5) is 0. The van der Waals surface area contributed by atoms with E-state index in [-0.39, 0.29) is 5.41 Å². The van der Waals surface area contributed by atoms with Crippen molar-refractivity contribution in [3.8, 4) is 89.8 Å². The Morgan fingerprint density at radius 3 is 1.04 bits per heavy atom. The quantitative estimate of drug-likeness (QED) is 0.135. The molecule has 7 nitrogen and oxygen atoms in total. The fourth-order valence-electron chi connectivity index (χ4n) is 23.7. The Hall–Kier alpha value is -18.3. The van der Waals surface area contributed by atoms with E-state index in [4.69, 9.17) is 4.42 Å². The molecule has 0 radical (unpaired) electrons. The minimum absolute atomic E-state index is 0.0867. The van der Waals surface area contributed by atoms with E-state index < -0.39 is 0 Å². The van der Waals surface area contributed by atoms with Gasteiger partial charge in [-0.15, -0.1) is 11.3 Å². The average Bonchev–Trinajstić information content (AvgIpc) is 1.55. The maximum absolute atomic E-state index is 6.58. The largest absolute Gasteiger partial charge is 0.454 e. The van der Waals surface area contributed by atoms with Gasteiger partial charge < -0.3 is 31.8 Å². The molecule has 0 saturated carbocycles. The Bertz CT molecular complexity index is 10400. The van der Waals surface area contributed by atoms with E-state index >= 15 is 0 Å². The third-order valence-corrected chi connectivity index (χ3v) is 31.5. The summed E-state index contributed by atoms with van der Waals surface area (Å²) in [5.41, 5.74) is 38.4. The number of hydrogen-bond acceptors (Lipinski definition) is 2. The molecule has 670 valence electrons. The highest BCUT2D eigenvalue weighted by atomic mass is 32.1. The lowest BCUT2D eigenvalue weighted by Crippen LogP contribution is -2.14. The second kappa shape index (κ2) is 32.4. The van der Waals surface area contributed by atoms with Gasteiger partial charge in [0.1, 0.15) is 5.58 Å². The van der Waals surface area contributed by atoms with Gasteiger partial charge >= 0.3 is 0 Å². The van der Waals surface area contributed by atoms with Crippen molar-refractivity contribution in [2.45, 2.75) is 19.3 Å². The SMILES string of the molecule is CC1(C)c2ccccc2-c2cc3c4cc(-c5ccc(-n6c7ccccc7c7ccccc76)cc5)ccc4n(-c4cccc(-c5ccccc5)c4)c3cc21.c1ccc(-n2c3ccccc3c3cc(-c4ccc5c(c4)c4cc6c(cc4n5-c4ccccc4)sc4ccccc46)ccc32)cc1.c1ccc(-n2c3ccccc3c3cc(-c4ccc5c(c4)c4ccc6c7ccccc7oc6c4n5-c4ccccc4)ccc32)cc1. The number of fused-ring (bicyclic) bond motifs is 28. The van der Waals surface area contributed by atoms with Crippen molar-refractivity contribution in [2.75, 3.05) is 0 Å². The molecular formula is C135H88N6OS. The number of furan rings is 1. The lowest BCUT2D eigenvalue weighted by molar-refractivity contribution is 0.661. The average molecular weight is 1840 g/mol. The predicted octanol–water partition coefficient (Wildman–Crippen LogP) is 36.9. The van der Waals surface area contributed by atoms with Gasteiger partial charge in [0.2, 0.25) is 0 Å². The van der Waals surface area contributed by atoms with Crippen LogP contribution in [0.15, 0.2) is 502 Å². The van der Waals surface area contributed by atoms with E-state index in [1.807, 2.05) is 17.4 Å². The lowest BCUT2D eigenvalue weighted by Gasteiger charge is -2.21. The van der Waals surface area contributed by atoms with Crippen molar-refractivity contribution in [1.29, 1.82) is 0 Å². The number of hydrogen-bond donors (Lipinski definition) is 0. The molecule has 0 fully saturated rings. The third kappa shape index (κ3) is 12.9. The maximum atomic E-state index is 6.58. The van der Waals surface area contributed by atoms with E-state index in [0.717, 1.165) is 38.7 Å².